The fourth-order valence-corrected chi connectivity index (χ4v) is 2.78. The lowest BCUT2D eigenvalue weighted by Crippen LogP contribution is -2.16. The summed E-state index contributed by atoms with van der Waals surface area (Å²) in [4.78, 5) is 8.04. The smallest absolute Gasteiger partial charge is 0.158 e. The molecule has 1 aromatic carbocycles. The third-order valence-corrected chi connectivity index (χ3v) is 3.91. The van der Waals surface area contributed by atoms with Gasteiger partial charge in [0.1, 0.15) is 10.8 Å². The van der Waals surface area contributed by atoms with E-state index < -0.39 is 0 Å². The molecule has 0 radical (unpaired) electrons. The van der Waals surface area contributed by atoms with Crippen molar-refractivity contribution in [2.24, 2.45) is 5.10 Å². The number of benzene rings is 1. The van der Waals surface area contributed by atoms with Crippen LogP contribution >= 0.6 is 46.4 Å². The number of hydrazone groups is 1. The van der Waals surface area contributed by atoms with Gasteiger partial charge in [-0.2, -0.15) is 5.10 Å². The van der Waals surface area contributed by atoms with Crippen LogP contribution in [0.25, 0.3) is 0 Å². The quantitative estimate of drug-likeness (QED) is 0.590. The Balaban J connectivity index is 2.16. The Morgan fingerprint density at radius 1 is 1.23 bits per heavy atom. The van der Waals surface area contributed by atoms with E-state index in [0.29, 0.717) is 21.5 Å². The number of rotatable bonds is 4. The van der Waals surface area contributed by atoms with E-state index >= 15 is 0 Å². The second-order valence-electron chi connectivity index (χ2n) is 4.55. The minimum Gasteiger partial charge on any atom is -0.302 e. The van der Waals surface area contributed by atoms with Crippen molar-refractivity contribution in [2.45, 2.75) is 19.9 Å². The monoisotopic (exact) mass is 376 g/mol. The molecule has 2 aromatic rings. The third-order valence-electron chi connectivity index (χ3n) is 2.90. The van der Waals surface area contributed by atoms with Crippen molar-refractivity contribution in [3.8, 4) is 0 Å². The Kier molecular flexibility index (Phi) is 5.87. The van der Waals surface area contributed by atoms with Crippen LogP contribution in [0.5, 0.6) is 0 Å². The van der Waals surface area contributed by atoms with E-state index in [-0.39, 0.29) is 16.3 Å². The van der Waals surface area contributed by atoms with Crippen LogP contribution in [0.3, 0.4) is 0 Å². The van der Waals surface area contributed by atoms with Gasteiger partial charge < -0.3 is 5.43 Å². The van der Waals surface area contributed by atoms with Crippen LogP contribution in [0.15, 0.2) is 29.5 Å². The van der Waals surface area contributed by atoms with Gasteiger partial charge in [-0.1, -0.05) is 52.5 Å². The molecule has 1 atom stereocenters. The Hall–Kier alpha value is -1.07. The number of nitrogens with zero attached hydrogens (tertiary/aromatic N) is 3. The van der Waals surface area contributed by atoms with Crippen LogP contribution in [0.2, 0.25) is 20.4 Å². The molecule has 0 fully saturated rings. The molecule has 2 rings (SSSR count). The molecule has 0 aliphatic heterocycles. The van der Waals surface area contributed by atoms with Gasteiger partial charge in [0, 0.05) is 10.0 Å². The van der Waals surface area contributed by atoms with E-state index in [2.05, 4.69) is 20.5 Å². The first-order chi connectivity index (χ1) is 10.4. The number of aromatic nitrogens is 2. The fraction of sp³-hybridized carbons (Fsp3) is 0.214. The maximum atomic E-state index is 6.17. The zero-order valence-corrected chi connectivity index (χ0v) is 14.8. The van der Waals surface area contributed by atoms with Gasteiger partial charge in [0.15, 0.2) is 5.15 Å². The molecule has 1 N–H and O–H groups in total. The number of hydrogen-bond acceptors (Lipinski definition) is 4. The number of hydrogen-bond donors (Lipinski definition) is 1. The molecule has 4 nitrogen and oxygen atoms in total. The zero-order valence-electron chi connectivity index (χ0n) is 11.7. The van der Waals surface area contributed by atoms with Crippen molar-refractivity contribution >= 4 is 52.1 Å². The second kappa shape index (κ2) is 7.47. The molecule has 1 aromatic heterocycles. The van der Waals surface area contributed by atoms with Crippen LogP contribution in [-0.4, -0.2) is 15.7 Å². The first-order valence-electron chi connectivity index (χ1n) is 6.31. The molecule has 8 heteroatoms. The van der Waals surface area contributed by atoms with E-state index in [4.69, 9.17) is 46.4 Å². The van der Waals surface area contributed by atoms with Crippen molar-refractivity contribution in [1.29, 1.82) is 0 Å². The van der Waals surface area contributed by atoms with Crippen molar-refractivity contribution in [3.05, 3.63) is 56.0 Å². The highest BCUT2D eigenvalue weighted by atomic mass is 35.5. The molecular weight excluding hydrogens is 366 g/mol. The van der Waals surface area contributed by atoms with E-state index in [1.807, 2.05) is 13.0 Å². The van der Waals surface area contributed by atoms with Gasteiger partial charge in [0.25, 0.3) is 0 Å². The molecule has 1 heterocycles. The molecule has 0 aliphatic rings. The summed E-state index contributed by atoms with van der Waals surface area (Å²) in [5.74, 6) is 0. The summed E-state index contributed by atoms with van der Waals surface area (Å²) in [7, 11) is 0. The Morgan fingerprint density at radius 3 is 2.59 bits per heavy atom. The lowest BCUT2D eigenvalue weighted by molar-refractivity contribution is 0.605. The summed E-state index contributed by atoms with van der Waals surface area (Å²) in [6.07, 6.45) is 1.42. The Labute approximate surface area is 148 Å². The third kappa shape index (κ3) is 4.23. The van der Waals surface area contributed by atoms with E-state index in [0.717, 1.165) is 5.56 Å². The molecular formula is C14H12Cl4N4. The summed E-state index contributed by atoms with van der Waals surface area (Å²) in [5, 5.41) is 5.86. The maximum Gasteiger partial charge on any atom is 0.158 e. The summed E-state index contributed by atoms with van der Waals surface area (Å²) in [6.45, 7) is 3.70. The molecule has 0 unspecified atom stereocenters. The van der Waals surface area contributed by atoms with Gasteiger partial charge in [-0.05, 0) is 31.5 Å². The topological polar surface area (TPSA) is 50.2 Å². The summed E-state index contributed by atoms with van der Waals surface area (Å²) >= 11 is 23.8. The predicted molar refractivity (Wildman–Crippen MR) is 92.3 cm³/mol. The largest absolute Gasteiger partial charge is 0.302 e. The van der Waals surface area contributed by atoms with E-state index in [9.17, 15) is 0 Å². The van der Waals surface area contributed by atoms with E-state index in [1.54, 1.807) is 19.1 Å². The highest BCUT2D eigenvalue weighted by molar-refractivity contribution is 6.35. The highest BCUT2D eigenvalue weighted by Crippen LogP contribution is 2.26. The lowest BCUT2D eigenvalue weighted by atomic mass is 10.1. The SMILES string of the molecule is C/C(=N/N[C@H](C)c1ccc(Cl)cc1Cl)c1ncc(Cl)nc1Cl. The Bertz CT molecular complexity index is 718. The predicted octanol–water partition coefficient (Wildman–Crippen LogP) is 5.17. The molecule has 0 spiro atoms. The zero-order chi connectivity index (χ0) is 16.3. The van der Waals surface area contributed by atoms with Crippen molar-refractivity contribution in [2.75, 3.05) is 0 Å². The van der Waals surface area contributed by atoms with Gasteiger partial charge in [0.2, 0.25) is 0 Å². The number of nitrogens with one attached hydrogen (secondary N) is 1. The van der Waals surface area contributed by atoms with Crippen LogP contribution in [0.4, 0.5) is 0 Å². The van der Waals surface area contributed by atoms with Gasteiger partial charge in [-0.3, -0.25) is 0 Å². The van der Waals surface area contributed by atoms with Crippen LogP contribution in [0, 0.1) is 0 Å². The molecule has 0 aliphatic carbocycles. The molecule has 0 amide bonds. The standard InChI is InChI=1S/C14H12Cl4N4/c1-7(10-4-3-9(15)5-11(10)16)21-22-8(2)13-14(18)20-12(17)6-19-13/h3-7,21H,1-2H3/b22-8-/t7-/m1/s1. The normalized spacial score (nSPS) is 13.1. The first-order valence-corrected chi connectivity index (χ1v) is 7.83. The van der Waals surface area contributed by atoms with Crippen LogP contribution < -0.4 is 5.43 Å². The molecule has 0 bridgehead atoms. The maximum absolute atomic E-state index is 6.17. The molecule has 0 saturated heterocycles. The minimum absolute atomic E-state index is 0.112. The molecule has 22 heavy (non-hydrogen) atoms. The average molecular weight is 378 g/mol. The number of halogens is 4. The average Bonchev–Trinajstić information content (AvgIpc) is 2.44. The van der Waals surface area contributed by atoms with Crippen LogP contribution in [0.1, 0.15) is 31.1 Å². The van der Waals surface area contributed by atoms with Gasteiger partial charge >= 0.3 is 0 Å². The van der Waals surface area contributed by atoms with Crippen molar-refractivity contribution < 1.29 is 0 Å². The fourth-order valence-electron chi connectivity index (χ4n) is 1.76. The minimum atomic E-state index is -0.112. The molecule has 0 saturated carbocycles. The first kappa shape index (κ1) is 17.3. The van der Waals surface area contributed by atoms with Crippen LogP contribution in [-0.2, 0) is 0 Å². The van der Waals surface area contributed by atoms with E-state index in [1.165, 1.54) is 6.20 Å². The van der Waals surface area contributed by atoms with Gasteiger partial charge in [0.05, 0.1) is 18.0 Å². The lowest BCUT2D eigenvalue weighted by Gasteiger charge is -2.14. The summed E-state index contributed by atoms with van der Waals surface area (Å²) in [5.41, 5.74) is 4.94. The van der Waals surface area contributed by atoms with Gasteiger partial charge in [-0.15, -0.1) is 0 Å². The summed E-state index contributed by atoms with van der Waals surface area (Å²) < 4.78 is 0. The molecule has 116 valence electrons. The van der Waals surface area contributed by atoms with Crippen molar-refractivity contribution in [1.82, 2.24) is 15.4 Å². The van der Waals surface area contributed by atoms with Crippen molar-refractivity contribution in [3.63, 3.8) is 0 Å². The highest BCUT2D eigenvalue weighted by Gasteiger charge is 2.11. The second-order valence-corrected chi connectivity index (χ2v) is 6.13. The van der Waals surface area contributed by atoms with Gasteiger partial charge in [-0.25, -0.2) is 9.97 Å². The Morgan fingerprint density at radius 2 is 1.95 bits per heavy atom. The summed E-state index contributed by atoms with van der Waals surface area (Å²) in [6, 6.07) is 5.20.